The molecule has 0 heterocycles. The topological polar surface area (TPSA) is 12.4 Å². The van der Waals surface area contributed by atoms with Gasteiger partial charge in [0.2, 0.25) is 0 Å². The Labute approximate surface area is 64.1 Å². The molecule has 0 atom stereocenters. The maximum atomic E-state index is 3.61. The van der Waals surface area contributed by atoms with Crippen LogP contribution in [0.4, 0.5) is 0 Å². The molecule has 6 heavy (non-hydrogen) atoms. The van der Waals surface area contributed by atoms with E-state index in [-0.39, 0.29) is 32.7 Å². The van der Waals surface area contributed by atoms with Gasteiger partial charge in [0, 0.05) is 32.7 Å². The van der Waals surface area contributed by atoms with Crippen molar-refractivity contribution in [2.45, 2.75) is 6.92 Å². The molecule has 1 radical (unpaired) electrons. The fourth-order valence-electron chi connectivity index (χ4n) is 0.112. The Morgan fingerprint density at radius 1 is 1.83 bits per heavy atom. The molecule has 0 aromatic heterocycles. The summed E-state index contributed by atoms with van der Waals surface area (Å²) in [5, 5.41) is 0. The molecule has 1 nitrogen and oxygen atoms in total. The standard InChI is InChI=1S/C4H7N.Y/c1-3-5-4-2;/h1,3H2,2H3;/q-2;. The van der Waals surface area contributed by atoms with Gasteiger partial charge in [-0.3, -0.25) is 0 Å². The van der Waals surface area contributed by atoms with Crippen LogP contribution in [-0.2, 0) is 32.7 Å². The van der Waals surface area contributed by atoms with E-state index in [1.807, 2.05) is 0 Å². The van der Waals surface area contributed by atoms with Crippen LogP contribution in [0.2, 0.25) is 0 Å². The zero-order chi connectivity index (χ0) is 4.12. The molecule has 0 aliphatic rings. The second-order valence-corrected chi connectivity index (χ2v) is 0.605. The molecule has 2 heteroatoms. The van der Waals surface area contributed by atoms with Gasteiger partial charge in [-0.15, -0.1) is 6.54 Å². The second-order valence-electron chi connectivity index (χ2n) is 0.605. The number of hydrogen-bond donors (Lipinski definition) is 0. The molecule has 0 aromatic rings. The van der Waals surface area contributed by atoms with Crippen molar-refractivity contribution in [3.05, 3.63) is 6.92 Å². The van der Waals surface area contributed by atoms with Gasteiger partial charge in [0.15, 0.2) is 0 Å². The van der Waals surface area contributed by atoms with Crippen LogP contribution in [0.5, 0.6) is 0 Å². The first-order valence-corrected chi connectivity index (χ1v) is 1.54. The van der Waals surface area contributed by atoms with E-state index in [0.29, 0.717) is 6.54 Å². The van der Waals surface area contributed by atoms with Crippen LogP contribution in [0.25, 0.3) is 0 Å². The summed E-state index contributed by atoms with van der Waals surface area (Å²) in [4.78, 5) is 3.61. The van der Waals surface area contributed by atoms with Gasteiger partial charge in [-0.05, 0) is 0 Å². The third kappa shape index (κ3) is 8.84. The molecule has 0 fully saturated rings. The van der Waals surface area contributed by atoms with Gasteiger partial charge < -0.3 is 18.1 Å². The van der Waals surface area contributed by atoms with Crippen molar-refractivity contribution in [1.29, 1.82) is 0 Å². The smallest absolute Gasteiger partial charge is 0 e. The van der Waals surface area contributed by atoms with Gasteiger partial charge in [-0.1, -0.05) is 0 Å². The van der Waals surface area contributed by atoms with Crippen molar-refractivity contribution in [2.75, 3.05) is 6.54 Å². The average molecular weight is 158 g/mol. The van der Waals surface area contributed by atoms with Crippen molar-refractivity contribution in [2.24, 2.45) is 4.99 Å². The van der Waals surface area contributed by atoms with Crippen molar-refractivity contribution in [1.82, 2.24) is 0 Å². The molecule has 0 rings (SSSR count). The monoisotopic (exact) mass is 158 g/mol. The molecule has 0 aromatic carbocycles. The SMILES string of the molecule is [CH2-]CN=[C-]C.[Y]. The van der Waals surface area contributed by atoms with Gasteiger partial charge in [-0.25, -0.2) is 0 Å². The summed E-state index contributed by atoms with van der Waals surface area (Å²) in [6.45, 7) is 5.81. The fraction of sp³-hybridized carbons (Fsp3) is 0.500. The third-order valence-corrected chi connectivity index (χ3v) is 0.270. The summed E-state index contributed by atoms with van der Waals surface area (Å²) in [6.07, 6.45) is 2.58. The normalized spacial score (nSPS) is 8.33. The first-order chi connectivity index (χ1) is 2.41. The molecule has 0 aliphatic carbocycles. The van der Waals surface area contributed by atoms with Crippen LogP contribution in [0.3, 0.4) is 0 Å². The summed E-state index contributed by atoms with van der Waals surface area (Å²) in [6, 6.07) is 0. The van der Waals surface area contributed by atoms with Gasteiger partial charge in [0.1, 0.15) is 0 Å². The Balaban J connectivity index is 0. The predicted molar refractivity (Wildman–Crippen MR) is 23.3 cm³/mol. The summed E-state index contributed by atoms with van der Waals surface area (Å²) in [5.74, 6) is 0. The molecule has 0 saturated heterocycles. The van der Waals surface area contributed by atoms with Crippen molar-refractivity contribution in [3.63, 3.8) is 0 Å². The van der Waals surface area contributed by atoms with Gasteiger partial charge in [0.05, 0.1) is 0 Å². The van der Waals surface area contributed by atoms with E-state index >= 15 is 0 Å². The third-order valence-electron chi connectivity index (χ3n) is 0.270. The van der Waals surface area contributed by atoms with Crippen LogP contribution in [-0.4, -0.2) is 12.8 Å². The molecule has 0 bridgehead atoms. The molecule has 0 N–H and O–H groups in total. The number of rotatable bonds is 1. The van der Waals surface area contributed by atoms with Crippen LogP contribution in [0, 0.1) is 6.92 Å². The maximum Gasteiger partial charge on any atom is 0 e. The van der Waals surface area contributed by atoms with Crippen molar-refractivity contribution >= 4 is 6.21 Å². The van der Waals surface area contributed by atoms with E-state index in [1.54, 1.807) is 6.92 Å². The largest absolute Gasteiger partial charge is 0.533 e. The minimum atomic E-state index is 0. The first-order valence-electron chi connectivity index (χ1n) is 1.54. The minimum absolute atomic E-state index is 0. The summed E-state index contributed by atoms with van der Waals surface area (Å²) < 4.78 is 0. The van der Waals surface area contributed by atoms with Gasteiger partial charge in [-0.2, -0.15) is 6.92 Å². The summed E-state index contributed by atoms with van der Waals surface area (Å²) in [7, 11) is 0. The van der Waals surface area contributed by atoms with Crippen LogP contribution < -0.4 is 0 Å². The van der Waals surface area contributed by atoms with E-state index in [9.17, 15) is 0 Å². The number of hydrogen-bond acceptors (Lipinski definition) is 1. The Morgan fingerprint density at radius 3 is 2.33 bits per heavy atom. The van der Waals surface area contributed by atoms with Crippen molar-refractivity contribution in [3.8, 4) is 0 Å². The number of aliphatic imine (C=N–C) groups is 1. The molecule has 0 aliphatic heterocycles. The van der Waals surface area contributed by atoms with Gasteiger partial charge in [0.25, 0.3) is 0 Å². The van der Waals surface area contributed by atoms with Crippen molar-refractivity contribution < 1.29 is 32.7 Å². The molecule has 0 amide bonds. The van der Waals surface area contributed by atoms with E-state index in [0.717, 1.165) is 0 Å². The van der Waals surface area contributed by atoms with E-state index in [1.165, 1.54) is 0 Å². The molecule has 33 valence electrons. The zero-order valence-electron chi connectivity index (χ0n) is 3.94. The Bertz CT molecular complexity index is 34.5. The van der Waals surface area contributed by atoms with E-state index < -0.39 is 0 Å². The quantitative estimate of drug-likeness (QED) is 0.395. The summed E-state index contributed by atoms with van der Waals surface area (Å²) in [5.41, 5.74) is 0. The average Bonchev–Trinajstić information content (AvgIpc) is 1.41. The van der Waals surface area contributed by atoms with Crippen LogP contribution >= 0.6 is 0 Å². The molecule has 0 spiro atoms. The van der Waals surface area contributed by atoms with Gasteiger partial charge >= 0.3 is 0 Å². The minimum Gasteiger partial charge on any atom is -0.533 e. The Morgan fingerprint density at radius 2 is 2.33 bits per heavy atom. The zero-order valence-corrected chi connectivity index (χ0v) is 6.78. The Hall–Kier alpha value is 0.774. The Kier molecular flexibility index (Phi) is 15.3. The molecular formula is C4H7NY-2. The van der Waals surface area contributed by atoms with Crippen LogP contribution in [0.1, 0.15) is 6.92 Å². The number of nitrogens with zero attached hydrogens (tertiary/aromatic N) is 1. The summed E-state index contributed by atoms with van der Waals surface area (Å²) >= 11 is 0. The fourth-order valence-corrected chi connectivity index (χ4v) is 0.112. The maximum absolute atomic E-state index is 3.61. The van der Waals surface area contributed by atoms with Crippen LogP contribution in [0.15, 0.2) is 4.99 Å². The predicted octanol–water partition coefficient (Wildman–Crippen LogP) is 0.786. The molecular weight excluding hydrogens is 151 g/mol. The second kappa shape index (κ2) is 9.24. The molecule has 0 unspecified atom stereocenters. The molecule has 0 saturated carbocycles. The van der Waals surface area contributed by atoms with E-state index in [4.69, 9.17) is 0 Å². The van der Waals surface area contributed by atoms with E-state index in [2.05, 4.69) is 18.1 Å². The first kappa shape index (κ1) is 9.91.